The predicted octanol–water partition coefficient (Wildman–Crippen LogP) is 3.76. The maximum absolute atomic E-state index is 12.3. The summed E-state index contributed by atoms with van der Waals surface area (Å²) in [6.07, 6.45) is 0. The number of ketones is 1. The summed E-state index contributed by atoms with van der Waals surface area (Å²) < 4.78 is 0. The van der Waals surface area contributed by atoms with E-state index in [0.29, 0.717) is 16.8 Å². The van der Waals surface area contributed by atoms with E-state index >= 15 is 0 Å². The smallest absolute Gasteiger partial charge is 0.255 e. The zero-order valence-corrected chi connectivity index (χ0v) is 11.9. The lowest BCUT2D eigenvalue weighted by atomic mass is 10.0. The number of amides is 1. The third-order valence-corrected chi connectivity index (χ3v) is 3.40. The quantitative estimate of drug-likeness (QED) is 0.861. The van der Waals surface area contributed by atoms with Crippen LogP contribution in [0.15, 0.2) is 42.5 Å². The zero-order valence-electron chi connectivity index (χ0n) is 11.9. The number of para-hydroxylation sites is 1. The molecule has 0 saturated carbocycles. The number of rotatable bonds is 3. The van der Waals surface area contributed by atoms with E-state index in [1.165, 1.54) is 6.92 Å². The maximum Gasteiger partial charge on any atom is 0.255 e. The molecule has 1 N–H and O–H groups in total. The summed E-state index contributed by atoms with van der Waals surface area (Å²) in [7, 11) is 0. The van der Waals surface area contributed by atoms with Gasteiger partial charge in [0, 0.05) is 11.1 Å². The maximum atomic E-state index is 12.3. The summed E-state index contributed by atoms with van der Waals surface area (Å²) in [5, 5.41) is 2.82. The lowest BCUT2D eigenvalue weighted by molar-refractivity contribution is 0.101. The number of anilines is 1. The van der Waals surface area contributed by atoms with Gasteiger partial charge in [0.15, 0.2) is 5.78 Å². The van der Waals surface area contributed by atoms with Gasteiger partial charge in [0.05, 0.1) is 5.69 Å². The van der Waals surface area contributed by atoms with Crippen LogP contribution in [0.5, 0.6) is 0 Å². The number of nitrogens with one attached hydrogen (secondary N) is 1. The molecule has 1 amide bonds. The monoisotopic (exact) mass is 267 g/mol. The van der Waals surface area contributed by atoms with Crippen LogP contribution in [-0.2, 0) is 0 Å². The first-order valence-electron chi connectivity index (χ1n) is 6.48. The number of benzene rings is 2. The van der Waals surface area contributed by atoms with E-state index in [0.717, 1.165) is 11.1 Å². The molecule has 0 aromatic heterocycles. The lowest BCUT2D eigenvalue weighted by Gasteiger charge is -2.11. The highest BCUT2D eigenvalue weighted by Crippen LogP contribution is 2.19. The van der Waals surface area contributed by atoms with Crippen molar-refractivity contribution >= 4 is 17.4 Å². The number of carbonyl (C=O) groups is 2. The molecule has 0 aliphatic heterocycles. The molecular weight excluding hydrogens is 250 g/mol. The van der Waals surface area contributed by atoms with Gasteiger partial charge in [-0.3, -0.25) is 9.59 Å². The Morgan fingerprint density at radius 3 is 2.25 bits per heavy atom. The van der Waals surface area contributed by atoms with Crippen LogP contribution >= 0.6 is 0 Å². The average molecular weight is 267 g/mol. The fraction of sp³-hybridized carbons (Fsp3) is 0.176. The SMILES string of the molecule is CC(=O)c1ccccc1NC(=O)c1cccc(C)c1C. The highest BCUT2D eigenvalue weighted by molar-refractivity contribution is 6.09. The van der Waals surface area contributed by atoms with Crippen LogP contribution in [0, 0.1) is 13.8 Å². The molecule has 0 bridgehead atoms. The lowest BCUT2D eigenvalue weighted by Crippen LogP contribution is -2.15. The van der Waals surface area contributed by atoms with E-state index in [2.05, 4.69) is 5.32 Å². The zero-order chi connectivity index (χ0) is 14.7. The van der Waals surface area contributed by atoms with Crippen LogP contribution in [0.25, 0.3) is 0 Å². The van der Waals surface area contributed by atoms with E-state index < -0.39 is 0 Å². The Hall–Kier alpha value is -2.42. The van der Waals surface area contributed by atoms with Crippen molar-refractivity contribution in [2.75, 3.05) is 5.32 Å². The third-order valence-electron chi connectivity index (χ3n) is 3.40. The molecule has 0 heterocycles. The summed E-state index contributed by atoms with van der Waals surface area (Å²) in [6, 6.07) is 12.6. The second-order valence-corrected chi connectivity index (χ2v) is 4.80. The molecule has 0 spiro atoms. The van der Waals surface area contributed by atoms with Crippen molar-refractivity contribution in [3.63, 3.8) is 0 Å². The van der Waals surface area contributed by atoms with Gasteiger partial charge in [0.2, 0.25) is 0 Å². The summed E-state index contributed by atoms with van der Waals surface area (Å²) in [6.45, 7) is 5.37. The molecule has 0 atom stereocenters. The number of aryl methyl sites for hydroxylation is 1. The first-order chi connectivity index (χ1) is 9.50. The number of carbonyl (C=O) groups excluding carboxylic acids is 2. The van der Waals surface area contributed by atoms with Gasteiger partial charge in [-0.25, -0.2) is 0 Å². The Bertz CT molecular complexity index is 674. The van der Waals surface area contributed by atoms with Gasteiger partial charge in [-0.2, -0.15) is 0 Å². The Labute approximate surface area is 118 Å². The molecule has 20 heavy (non-hydrogen) atoms. The van der Waals surface area contributed by atoms with E-state index in [4.69, 9.17) is 0 Å². The minimum absolute atomic E-state index is 0.0677. The van der Waals surface area contributed by atoms with Crippen LogP contribution in [0.2, 0.25) is 0 Å². The largest absolute Gasteiger partial charge is 0.321 e. The molecule has 102 valence electrons. The van der Waals surface area contributed by atoms with Gasteiger partial charge in [0.25, 0.3) is 5.91 Å². The van der Waals surface area contributed by atoms with Gasteiger partial charge in [-0.05, 0) is 50.1 Å². The van der Waals surface area contributed by atoms with E-state index in [9.17, 15) is 9.59 Å². The molecule has 0 unspecified atom stereocenters. The molecule has 0 saturated heterocycles. The van der Waals surface area contributed by atoms with Crippen molar-refractivity contribution in [3.8, 4) is 0 Å². The molecule has 2 rings (SSSR count). The Kier molecular flexibility index (Phi) is 3.99. The molecule has 2 aromatic rings. The van der Waals surface area contributed by atoms with Crippen molar-refractivity contribution in [3.05, 3.63) is 64.7 Å². The minimum atomic E-state index is -0.195. The van der Waals surface area contributed by atoms with Crippen molar-refractivity contribution < 1.29 is 9.59 Å². The molecule has 3 nitrogen and oxygen atoms in total. The van der Waals surface area contributed by atoms with Gasteiger partial charge < -0.3 is 5.32 Å². The second kappa shape index (κ2) is 5.70. The first kappa shape index (κ1) is 14.0. The predicted molar refractivity (Wildman–Crippen MR) is 80.3 cm³/mol. The summed E-state index contributed by atoms with van der Waals surface area (Å²) in [4.78, 5) is 23.9. The average Bonchev–Trinajstić information content (AvgIpc) is 2.42. The van der Waals surface area contributed by atoms with Gasteiger partial charge in [0.1, 0.15) is 0 Å². The van der Waals surface area contributed by atoms with E-state index in [-0.39, 0.29) is 11.7 Å². The Balaban J connectivity index is 2.33. The number of hydrogen-bond donors (Lipinski definition) is 1. The topological polar surface area (TPSA) is 46.2 Å². The highest BCUT2D eigenvalue weighted by Gasteiger charge is 2.13. The molecule has 0 radical (unpaired) electrons. The Morgan fingerprint density at radius 1 is 0.900 bits per heavy atom. The molecule has 0 aliphatic rings. The second-order valence-electron chi connectivity index (χ2n) is 4.80. The van der Waals surface area contributed by atoms with Crippen LogP contribution < -0.4 is 5.32 Å². The summed E-state index contributed by atoms with van der Waals surface area (Å²) >= 11 is 0. The highest BCUT2D eigenvalue weighted by atomic mass is 16.1. The normalized spacial score (nSPS) is 10.2. The summed E-state index contributed by atoms with van der Waals surface area (Å²) in [5.74, 6) is -0.262. The van der Waals surface area contributed by atoms with Gasteiger partial charge in [-0.15, -0.1) is 0 Å². The number of hydrogen-bond acceptors (Lipinski definition) is 2. The minimum Gasteiger partial charge on any atom is -0.321 e. The van der Waals surface area contributed by atoms with Crippen molar-refractivity contribution in [2.24, 2.45) is 0 Å². The Morgan fingerprint density at radius 2 is 1.55 bits per heavy atom. The van der Waals surface area contributed by atoms with Gasteiger partial charge in [-0.1, -0.05) is 24.3 Å². The van der Waals surface area contributed by atoms with Gasteiger partial charge >= 0.3 is 0 Å². The fourth-order valence-corrected chi connectivity index (χ4v) is 2.09. The van der Waals surface area contributed by atoms with Crippen molar-refractivity contribution in [1.82, 2.24) is 0 Å². The fourth-order valence-electron chi connectivity index (χ4n) is 2.09. The van der Waals surface area contributed by atoms with Crippen LogP contribution in [0.4, 0.5) is 5.69 Å². The molecule has 0 fully saturated rings. The first-order valence-corrected chi connectivity index (χ1v) is 6.48. The summed E-state index contributed by atoms with van der Waals surface area (Å²) in [5.41, 5.74) is 3.71. The van der Waals surface area contributed by atoms with E-state index in [1.807, 2.05) is 26.0 Å². The van der Waals surface area contributed by atoms with Crippen molar-refractivity contribution in [1.29, 1.82) is 0 Å². The van der Waals surface area contributed by atoms with Crippen LogP contribution in [0.1, 0.15) is 38.8 Å². The molecular formula is C17H17NO2. The molecule has 0 aliphatic carbocycles. The number of Topliss-reactive ketones (excluding diaryl/α,β-unsaturated/α-hetero) is 1. The van der Waals surface area contributed by atoms with Crippen molar-refractivity contribution in [2.45, 2.75) is 20.8 Å². The molecule has 3 heteroatoms. The van der Waals surface area contributed by atoms with Crippen LogP contribution in [0.3, 0.4) is 0 Å². The molecule has 2 aromatic carbocycles. The van der Waals surface area contributed by atoms with E-state index in [1.54, 1.807) is 30.3 Å². The van der Waals surface area contributed by atoms with Crippen LogP contribution in [-0.4, -0.2) is 11.7 Å². The standard InChI is InChI=1S/C17H17NO2/c1-11-7-6-9-14(12(11)2)17(20)18-16-10-5-4-8-15(16)13(3)19/h4-10H,1-3H3,(H,18,20). The third kappa shape index (κ3) is 2.77.